The summed E-state index contributed by atoms with van der Waals surface area (Å²) in [7, 11) is 0. The van der Waals surface area contributed by atoms with Crippen LogP contribution in [0.4, 0.5) is 0 Å². The summed E-state index contributed by atoms with van der Waals surface area (Å²) in [6.45, 7) is 9.97. The Balaban J connectivity index is 2.07. The number of H-pyrrole nitrogens is 1. The smallest absolute Gasteiger partial charge is 0.270 e. The van der Waals surface area contributed by atoms with Crippen LogP contribution in [-0.4, -0.2) is 41.3 Å². The summed E-state index contributed by atoms with van der Waals surface area (Å²) < 4.78 is 0. The molecule has 0 bridgehead atoms. The van der Waals surface area contributed by atoms with Gasteiger partial charge in [-0.2, -0.15) is 0 Å². The molecule has 1 aromatic heterocycles. The summed E-state index contributed by atoms with van der Waals surface area (Å²) in [5, 5.41) is 2.94. The molecule has 1 aliphatic heterocycles. The van der Waals surface area contributed by atoms with E-state index in [-0.39, 0.29) is 17.7 Å². The second-order valence-electron chi connectivity index (χ2n) is 6.26. The van der Waals surface area contributed by atoms with E-state index in [1.807, 2.05) is 32.6 Å². The molecule has 2 rings (SSSR count). The molecule has 0 aromatic carbocycles. The fraction of sp³-hybridized carbons (Fsp3) is 0.647. The molecule has 0 unspecified atom stereocenters. The molecule has 5 nitrogen and oxygen atoms in total. The second kappa shape index (κ2) is 6.99. The molecule has 2 amide bonds. The molecule has 0 saturated carbocycles. The zero-order valence-electron chi connectivity index (χ0n) is 14.1. The fourth-order valence-corrected chi connectivity index (χ4v) is 2.98. The van der Waals surface area contributed by atoms with Gasteiger partial charge in [-0.05, 0) is 51.2 Å². The van der Waals surface area contributed by atoms with E-state index in [2.05, 4.69) is 10.3 Å². The number of amides is 2. The van der Waals surface area contributed by atoms with Gasteiger partial charge in [0.25, 0.3) is 5.91 Å². The number of rotatable bonds is 4. The highest BCUT2D eigenvalue weighted by Gasteiger charge is 2.30. The highest BCUT2D eigenvalue weighted by atomic mass is 16.2. The summed E-state index contributed by atoms with van der Waals surface area (Å²) >= 11 is 0. The van der Waals surface area contributed by atoms with E-state index in [0.717, 1.165) is 42.6 Å². The van der Waals surface area contributed by atoms with Crippen molar-refractivity contribution in [3.63, 3.8) is 0 Å². The lowest BCUT2D eigenvalue weighted by Gasteiger charge is -2.32. The molecule has 1 aliphatic rings. The van der Waals surface area contributed by atoms with E-state index in [1.54, 1.807) is 0 Å². The molecule has 0 aliphatic carbocycles. The molecule has 22 heavy (non-hydrogen) atoms. The van der Waals surface area contributed by atoms with Gasteiger partial charge in [-0.15, -0.1) is 0 Å². The Morgan fingerprint density at radius 2 is 2.00 bits per heavy atom. The van der Waals surface area contributed by atoms with Gasteiger partial charge >= 0.3 is 0 Å². The van der Waals surface area contributed by atoms with E-state index < -0.39 is 0 Å². The van der Waals surface area contributed by atoms with E-state index in [4.69, 9.17) is 0 Å². The summed E-state index contributed by atoms with van der Waals surface area (Å²) in [6.07, 6.45) is 2.68. The zero-order chi connectivity index (χ0) is 16.3. The second-order valence-corrected chi connectivity index (χ2v) is 6.26. The molecule has 2 heterocycles. The minimum atomic E-state index is -0.0817. The van der Waals surface area contributed by atoms with Crippen LogP contribution >= 0.6 is 0 Å². The number of piperidine rings is 1. The quantitative estimate of drug-likeness (QED) is 0.896. The summed E-state index contributed by atoms with van der Waals surface area (Å²) in [5.41, 5.74) is 3.86. The van der Waals surface area contributed by atoms with Crippen molar-refractivity contribution in [1.29, 1.82) is 0 Å². The first kappa shape index (κ1) is 16.6. The van der Waals surface area contributed by atoms with Crippen LogP contribution in [0.5, 0.6) is 0 Å². The van der Waals surface area contributed by atoms with Gasteiger partial charge in [-0.3, -0.25) is 9.59 Å². The van der Waals surface area contributed by atoms with Crippen LogP contribution < -0.4 is 5.32 Å². The van der Waals surface area contributed by atoms with Crippen LogP contribution in [0, 0.1) is 26.7 Å². The van der Waals surface area contributed by atoms with Crippen molar-refractivity contribution in [3.8, 4) is 0 Å². The van der Waals surface area contributed by atoms with Gasteiger partial charge in [-0.25, -0.2) is 0 Å². The lowest BCUT2D eigenvalue weighted by molar-refractivity contribution is -0.126. The molecular formula is C17H27N3O2. The predicted octanol–water partition coefficient (Wildman–Crippen LogP) is 2.32. The number of aromatic amines is 1. The van der Waals surface area contributed by atoms with Gasteiger partial charge in [0.1, 0.15) is 5.69 Å². The van der Waals surface area contributed by atoms with Crippen molar-refractivity contribution in [2.75, 3.05) is 19.6 Å². The maximum absolute atomic E-state index is 12.7. The highest BCUT2D eigenvalue weighted by molar-refractivity contribution is 5.95. The van der Waals surface area contributed by atoms with E-state index in [1.165, 1.54) is 0 Å². The number of nitrogens with zero attached hydrogens (tertiary/aromatic N) is 1. The van der Waals surface area contributed by atoms with E-state index >= 15 is 0 Å². The number of nitrogens with one attached hydrogen (secondary N) is 2. The predicted molar refractivity (Wildman–Crippen MR) is 86.9 cm³/mol. The van der Waals surface area contributed by atoms with Crippen LogP contribution in [0.15, 0.2) is 0 Å². The molecule has 1 aromatic rings. The summed E-state index contributed by atoms with van der Waals surface area (Å²) in [5.74, 6) is 0.0123. The number of aryl methyl sites for hydroxylation is 1. The average Bonchev–Trinajstić information content (AvgIpc) is 2.79. The SMILES string of the molecule is CCCNC(=O)[C@H]1CCCN(C(=O)c2[nH]c(C)c(C)c2C)C1. The molecule has 1 fully saturated rings. The van der Waals surface area contributed by atoms with Gasteiger partial charge in [0.2, 0.25) is 5.91 Å². The minimum absolute atomic E-state index is 0.0155. The van der Waals surface area contributed by atoms with Crippen LogP contribution in [0.1, 0.15) is 53.5 Å². The average molecular weight is 305 g/mol. The molecule has 0 spiro atoms. The van der Waals surface area contributed by atoms with Crippen LogP contribution in [0.2, 0.25) is 0 Å². The third kappa shape index (κ3) is 3.34. The van der Waals surface area contributed by atoms with Gasteiger partial charge in [0.15, 0.2) is 0 Å². The lowest BCUT2D eigenvalue weighted by atomic mass is 9.96. The lowest BCUT2D eigenvalue weighted by Crippen LogP contribution is -2.45. The monoisotopic (exact) mass is 305 g/mol. The normalized spacial score (nSPS) is 18.4. The number of hydrogen-bond acceptors (Lipinski definition) is 2. The number of carbonyl (C=O) groups is 2. The minimum Gasteiger partial charge on any atom is -0.356 e. The Labute approximate surface area is 132 Å². The van der Waals surface area contributed by atoms with Crippen LogP contribution in [0.3, 0.4) is 0 Å². The molecule has 2 N–H and O–H groups in total. The number of carbonyl (C=O) groups excluding carboxylic acids is 2. The standard InChI is InChI=1S/C17H27N3O2/c1-5-8-18-16(21)14-7-6-9-20(10-14)17(22)15-12(3)11(2)13(4)19-15/h14,19H,5-10H2,1-4H3,(H,18,21)/t14-/m0/s1. The van der Waals surface area contributed by atoms with Crippen molar-refractivity contribution in [1.82, 2.24) is 15.2 Å². The topological polar surface area (TPSA) is 65.2 Å². The van der Waals surface area contributed by atoms with Crippen molar-refractivity contribution < 1.29 is 9.59 Å². The molecule has 1 saturated heterocycles. The molecule has 1 atom stereocenters. The Hall–Kier alpha value is -1.78. The maximum atomic E-state index is 12.7. The van der Waals surface area contributed by atoms with Crippen LogP contribution in [0.25, 0.3) is 0 Å². The Morgan fingerprint density at radius 1 is 1.27 bits per heavy atom. The molecule has 5 heteroatoms. The highest BCUT2D eigenvalue weighted by Crippen LogP contribution is 2.22. The molecule has 122 valence electrons. The number of likely N-dealkylation sites (tertiary alicyclic amines) is 1. The van der Waals surface area contributed by atoms with E-state index in [9.17, 15) is 9.59 Å². The fourth-order valence-electron chi connectivity index (χ4n) is 2.98. The summed E-state index contributed by atoms with van der Waals surface area (Å²) in [4.78, 5) is 29.9. The molecular weight excluding hydrogens is 278 g/mol. The van der Waals surface area contributed by atoms with Gasteiger partial charge in [0, 0.05) is 25.3 Å². The van der Waals surface area contributed by atoms with Crippen LogP contribution in [-0.2, 0) is 4.79 Å². The first-order valence-electron chi connectivity index (χ1n) is 8.18. The van der Waals surface area contributed by atoms with Gasteiger partial charge < -0.3 is 15.2 Å². The largest absolute Gasteiger partial charge is 0.356 e. The maximum Gasteiger partial charge on any atom is 0.270 e. The van der Waals surface area contributed by atoms with Crippen molar-refractivity contribution >= 4 is 11.8 Å². The first-order chi connectivity index (χ1) is 10.5. The van der Waals surface area contributed by atoms with Crippen molar-refractivity contribution in [2.45, 2.75) is 47.0 Å². The number of aromatic nitrogens is 1. The molecule has 0 radical (unpaired) electrons. The zero-order valence-corrected chi connectivity index (χ0v) is 14.1. The van der Waals surface area contributed by atoms with Crippen molar-refractivity contribution in [2.24, 2.45) is 5.92 Å². The third-order valence-electron chi connectivity index (χ3n) is 4.65. The van der Waals surface area contributed by atoms with Gasteiger partial charge in [0.05, 0.1) is 5.92 Å². The Kier molecular flexibility index (Phi) is 5.27. The van der Waals surface area contributed by atoms with Gasteiger partial charge in [-0.1, -0.05) is 6.92 Å². The van der Waals surface area contributed by atoms with E-state index in [0.29, 0.717) is 18.8 Å². The summed E-state index contributed by atoms with van der Waals surface area (Å²) in [6, 6.07) is 0. The third-order valence-corrected chi connectivity index (χ3v) is 4.65. The van der Waals surface area contributed by atoms with Crippen molar-refractivity contribution in [3.05, 3.63) is 22.5 Å². The Morgan fingerprint density at radius 3 is 2.59 bits per heavy atom. The Bertz CT molecular complexity index is 562. The first-order valence-corrected chi connectivity index (χ1v) is 8.18. The number of hydrogen-bond donors (Lipinski definition) is 2.